The SMILES string of the molecule is CC(C)NC(=O)O/N=C(\N)COc1ccc(C(C)(C)C)cc1. The van der Waals surface area contributed by atoms with Crippen LogP contribution in [-0.2, 0) is 10.3 Å². The summed E-state index contributed by atoms with van der Waals surface area (Å²) in [6.45, 7) is 10.1. The van der Waals surface area contributed by atoms with Gasteiger partial charge in [-0.2, -0.15) is 0 Å². The molecule has 6 nitrogen and oxygen atoms in total. The second kappa shape index (κ2) is 7.68. The molecule has 0 heterocycles. The summed E-state index contributed by atoms with van der Waals surface area (Å²) in [5.41, 5.74) is 6.93. The number of amidine groups is 1. The van der Waals surface area contributed by atoms with Crippen LogP contribution in [0.15, 0.2) is 29.4 Å². The van der Waals surface area contributed by atoms with Crippen LogP contribution in [0.25, 0.3) is 0 Å². The van der Waals surface area contributed by atoms with Gasteiger partial charge >= 0.3 is 6.09 Å². The number of amides is 1. The minimum atomic E-state index is -0.646. The van der Waals surface area contributed by atoms with E-state index in [2.05, 4.69) is 36.1 Å². The molecule has 1 amide bonds. The van der Waals surface area contributed by atoms with E-state index < -0.39 is 6.09 Å². The van der Waals surface area contributed by atoms with E-state index in [1.54, 1.807) is 0 Å². The lowest BCUT2D eigenvalue weighted by Gasteiger charge is -2.19. The van der Waals surface area contributed by atoms with Gasteiger partial charge in [0.2, 0.25) is 0 Å². The summed E-state index contributed by atoms with van der Waals surface area (Å²) in [5.74, 6) is 0.761. The molecule has 0 aliphatic rings. The lowest BCUT2D eigenvalue weighted by molar-refractivity contribution is 0.147. The number of rotatable bonds is 5. The van der Waals surface area contributed by atoms with E-state index in [9.17, 15) is 4.79 Å². The van der Waals surface area contributed by atoms with E-state index >= 15 is 0 Å². The zero-order valence-corrected chi connectivity index (χ0v) is 13.8. The predicted octanol–water partition coefficient (Wildman–Crippen LogP) is 2.77. The Morgan fingerprint density at radius 1 is 1.27 bits per heavy atom. The number of carbonyl (C=O) groups is 1. The second-order valence-electron chi connectivity index (χ2n) is 6.32. The fourth-order valence-corrected chi connectivity index (χ4v) is 1.60. The molecule has 0 unspecified atom stereocenters. The minimum absolute atomic E-state index is 0.0264. The first-order chi connectivity index (χ1) is 10.2. The Labute approximate surface area is 131 Å². The molecule has 0 saturated heterocycles. The van der Waals surface area contributed by atoms with Gasteiger partial charge in [-0.15, -0.1) is 0 Å². The number of hydrogen-bond acceptors (Lipinski definition) is 4. The highest BCUT2D eigenvalue weighted by atomic mass is 16.7. The van der Waals surface area contributed by atoms with Gasteiger partial charge in [-0.3, -0.25) is 4.84 Å². The molecule has 22 heavy (non-hydrogen) atoms. The largest absolute Gasteiger partial charge is 0.486 e. The van der Waals surface area contributed by atoms with Crippen LogP contribution >= 0.6 is 0 Å². The van der Waals surface area contributed by atoms with E-state index in [0.717, 1.165) is 0 Å². The third-order valence-corrected chi connectivity index (χ3v) is 2.76. The van der Waals surface area contributed by atoms with E-state index in [4.69, 9.17) is 10.5 Å². The van der Waals surface area contributed by atoms with Gasteiger partial charge < -0.3 is 15.8 Å². The highest BCUT2D eigenvalue weighted by molar-refractivity contribution is 5.82. The minimum Gasteiger partial charge on any atom is -0.486 e. The maximum absolute atomic E-state index is 11.2. The van der Waals surface area contributed by atoms with Crippen molar-refractivity contribution in [2.45, 2.75) is 46.1 Å². The molecule has 1 rings (SSSR count). The second-order valence-corrected chi connectivity index (χ2v) is 6.32. The number of ether oxygens (including phenoxy) is 1. The topological polar surface area (TPSA) is 85.9 Å². The van der Waals surface area contributed by atoms with Crippen molar-refractivity contribution in [3.05, 3.63) is 29.8 Å². The van der Waals surface area contributed by atoms with Crippen molar-refractivity contribution in [3.63, 3.8) is 0 Å². The molecule has 0 aliphatic heterocycles. The van der Waals surface area contributed by atoms with Crippen molar-refractivity contribution in [1.29, 1.82) is 0 Å². The Bertz CT molecular complexity index is 516. The molecule has 0 fully saturated rings. The van der Waals surface area contributed by atoms with E-state index in [-0.39, 0.29) is 23.9 Å². The first-order valence-electron chi connectivity index (χ1n) is 7.21. The fraction of sp³-hybridized carbons (Fsp3) is 0.500. The Balaban J connectivity index is 2.47. The van der Waals surface area contributed by atoms with Gasteiger partial charge in [0, 0.05) is 6.04 Å². The summed E-state index contributed by atoms with van der Waals surface area (Å²) in [5, 5.41) is 6.03. The first-order valence-corrected chi connectivity index (χ1v) is 7.21. The zero-order chi connectivity index (χ0) is 16.8. The summed E-state index contributed by atoms with van der Waals surface area (Å²) in [6, 6.07) is 7.74. The van der Waals surface area contributed by atoms with E-state index in [1.165, 1.54) is 5.56 Å². The summed E-state index contributed by atoms with van der Waals surface area (Å²) in [6.07, 6.45) is -0.646. The predicted molar refractivity (Wildman–Crippen MR) is 87.0 cm³/mol. The van der Waals surface area contributed by atoms with Gasteiger partial charge in [-0.25, -0.2) is 4.79 Å². The van der Waals surface area contributed by atoms with Crippen molar-refractivity contribution < 1.29 is 14.4 Å². The smallest absolute Gasteiger partial charge is 0.433 e. The molecule has 122 valence electrons. The molecular formula is C16H25N3O3. The fourth-order valence-electron chi connectivity index (χ4n) is 1.60. The Morgan fingerprint density at radius 3 is 2.36 bits per heavy atom. The molecule has 0 bridgehead atoms. The number of benzene rings is 1. The first kappa shape index (κ1) is 17.8. The lowest BCUT2D eigenvalue weighted by Crippen LogP contribution is -2.31. The molecule has 1 aromatic carbocycles. The Morgan fingerprint density at radius 2 is 1.86 bits per heavy atom. The van der Waals surface area contributed by atoms with Crippen LogP contribution in [0.4, 0.5) is 4.79 Å². The normalized spacial score (nSPS) is 12.2. The maximum Gasteiger partial charge on any atom is 0.433 e. The van der Waals surface area contributed by atoms with Crippen molar-refractivity contribution >= 4 is 11.9 Å². The maximum atomic E-state index is 11.2. The molecule has 0 spiro atoms. The van der Waals surface area contributed by atoms with Crippen LogP contribution in [0.5, 0.6) is 5.75 Å². The number of nitrogens with two attached hydrogens (primary N) is 1. The number of carbonyl (C=O) groups excluding carboxylic acids is 1. The van der Waals surface area contributed by atoms with Gasteiger partial charge in [0.25, 0.3) is 0 Å². The number of nitrogens with zero attached hydrogens (tertiary/aromatic N) is 1. The molecule has 0 aliphatic carbocycles. The van der Waals surface area contributed by atoms with E-state index in [1.807, 2.05) is 38.1 Å². The van der Waals surface area contributed by atoms with Crippen LogP contribution < -0.4 is 15.8 Å². The van der Waals surface area contributed by atoms with Crippen molar-refractivity contribution in [2.75, 3.05) is 6.61 Å². The molecule has 0 aromatic heterocycles. The molecule has 1 aromatic rings. The van der Waals surface area contributed by atoms with Gasteiger partial charge in [-0.05, 0) is 37.0 Å². The average Bonchev–Trinajstić information content (AvgIpc) is 2.41. The quantitative estimate of drug-likeness (QED) is 0.379. The lowest BCUT2D eigenvalue weighted by atomic mass is 9.87. The van der Waals surface area contributed by atoms with Crippen LogP contribution in [0.1, 0.15) is 40.2 Å². The van der Waals surface area contributed by atoms with Crippen LogP contribution in [-0.4, -0.2) is 24.6 Å². The van der Waals surface area contributed by atoms with Crippen molar-refractivity contribution in [1.82, 2.24) is 5.32 Å². The molecule has 0 saturated carbocycles. The summed E-state index contributed by atoms with van der Waals surface area (Å²) >= 11 is 0. The van der Waals surface area contributed by atoms with Gasteiger partial charge in [0.15, 0.2) is 5.84 Å². The van der Waals surface area contributed by atoms with Crippen LogP contribution in [0.3, 0.4) is 0 Å². The molecule has 6 heteroatoms. The van der Waals surface area contributed by atoms with Crippen molar-refractivity contribution in [3.8, 4) is 5.75 Å². The third kappa shape index (κ3) is 6.47. The molecule has 0 radical (unpaired) electrons. The monoisotopic (exact) mass is 307 g/mol. The molecular weight excluding hydrogens is 282 g/mol. The zero-order valence-electron chi connectivity index (χ0n) is 13.8. The third-order valence-electron chi connectivity index (χ3n) is 2.76. The molecule has 3 N–H and O–H groups in total. The van der Waals surface area contributed by atoms with Crippen LogP contribution in [0.2, 0.25) is 0 Å². The summed E-state index contributed by atoms with van der Waals surface area (Å²) < 4.78 is 5.48. The van der Waals surface area contributed by atoms with Gasteiger partial charge in [0.1, 0.15) is 12.4 Å². The van der Waals surface area contributed by atoms with Crippen molar-refractivity contribution in [2.24, 2.45) is 10.9 Å². The number of nitrogens with one attached hydrogen (secondary N) is 1. The average molecular weight is 307 g/mol. The van der Waals surface area contributed by atoms with E-state index in [0.29, 0.717) is 5.75 Å². The number of oxime groups is 1. The summed E-state index contributed by atoms with van der Waals surface area (Å²) in [4.78, 5) is 15.8. The Hall–Kier alpha value is -2.24. The highest BCUT2D eigenvalue weighted by Gasteiger charge is 2.13. The van der Waals surface area contributed by atoms with Gasteiger partial charge in [-0.1, -0.05) is 38.1 Å². The summed E-state index contributed by atoms with van der Waals surface area (Å²) in [7, 11) is 0. The standard InChI is InChI=1S/C16H25N3O3/c1-11(2)18-15(20)22-19-14(17)10-21-13-8-6-12(7-9-13)16(3,4)5/h6-9,11H,10H2,1-5H3,(H2,17,19)(H,18,20). The molecule has 0 atom stereocenters. The Kier molecular flexibility index (Phi) is 6.22. The number of hydrogen-bond donors (Lipinski definition) is 2. The van der Waals surface area contributed by atoms with Crippen LogP contribution in [0, 0.1) is 0 Å². The highest BCUT2D eigenvalue weighted by Crippen LogP contribution is 2.24. The van der Waals surface area contributed by atoms with Gasteiger partial charge in [0.05, 0.1) is 0 Å².